The van der Waals surface area contributed by atoms with Crippen molar-refractivity contribution < 1.29 is 9.32 Å². The molecule has 7 nitrogen and oxygen atoms in total. The van der Waals surface area contributed by atoms with E-state index in [0.717, 1.165) is 33.5 Å². The molecule has 0 radical (unpaired) electrons. The van der Waals surface area contributed by atoms with E-state index < -0.39 is 0 Å². The van der Waals surface area contributed by atoms with Gasteiger partial charge in [-0.15, -0.1) is 0 Å². The average molecular weight is 462 g/mol. The quantitative estimate of drug-likeness (QED) is 0.368. The van der Waals surface area contributed by atoms with Crippen LogP contribution < -0.4 is 11.1 Å². The van der Waals surface area contributed by atoms with Crippen molar-refractivity contribution in [1.82, 2.24) is 15.1 Å². The molecule has 2 aromatic heterocycles. The van der Waals surface area contributed by atoms with Crippen LogP contribution in [0.25, 0.3) is 27.6 Å². The minimum Gasteiger partial charge on any atom is -0.402 e. The van der Waals surface area contributed by atoms with E-state index in [-0.39, 0.29) is 11.6 Å². The third-order valence-corrected chi connectivity index (χ3v) is 5.57. The molecule has 0 saturated heterocycles. The van der Waals surface area contributed by atoms with Crippen molar-refractivity contribution in [2.75, 3.05) is 5.32 Å². The van der Waals surface area contributed by atoms with E-state index in [4.69, 9.17) is 26.8 Å². The first-order valence-electron chi connectivity index (χ1n) is 10.5. The Kier molecular flexibility index (Phi) is 6.16. The molecule has 0 spiro atoms. The molecular formula is C25H24ClN5O2. The third kappa shape index (κ3) is 4.59. The fraction of sp³-hybridized carbons (Fsp3) is 0.200. The maximum atomic E-state index is 12.3. The molecule has 0 bridgehead atoms. The summed E-state index contributed by atoms with van der Waals surface area (Å²) in [7, 11) is 0. The number of benzene rings is 2. The number of fused-ring (bicyclic) bond motifs is 1. The van der Waals surface area contributed by atoms with Crippen LogP contribution in [0, 0.1) is 13.8 Å². The van der Waals surface area contributed by atoms with Crippen molar-refractivity contribution in [2.45, 2.75) is 34.2 Å². The molecule has 3 N–H and O–H groups in total. The molecule has 2 heterocycles. The lowest BCUT2D eigenvalue weighted by Gasteiger charge is -2.14. The zero-order chi connectivity index (χ0) is 23.7. The van der Waals surface area contributed by atoms with Gasteiger partial charge in [0.25, 0.3) is 0 Å². The summed E-state index contributed by atoms with van der Waals surface area (Å²) in [5, 5.41) is 8.90. The van der Waals surface area contributed by atoms with Gasteiger partial charge in [-0.05, 0) is 63.1 Å². The molecule has 0 saturated carbocycles. The van der Waals surface area contributed by atoms with Crippen LogP contribution in [0.3, 0.4) is 0 Å². The Bertz CT molecular complexity index is 1380. The standard InChI is InChI=1S/C25H24ClN5O2/c1-13(27)22(15(3)32)25-29-21-9-8-18(23-14(2)31-33-16(23)4)11-20(21)24(30-25)28-12-17-6-5-7-19(26)10-17/h5-11H,12,27H2,1-4H3,(H,28,29,30). The summed E-state index contributed by atoms with van der Waals surface area (Å²) in [6.45, 7) is 7.40. The number of nitrogens with one attached hydrogen (secondary N) is 1. The van der Waals surface area contributed by atoms with E-state index in [1.165, 1.54) is 6.92 Å². The number of nitrogens with zero attached hydrogens (tertiary/aromatic N) is 3. The smallest absolute Gasteiger partial charge is 0.167 e. The number of anilines is 1. The minimum absolute atomic E-state index is 0.192. The second-order valence-corrected chi connectivity index (χ2v) is 8.36. The van der Waals surface area contributed by atoms with Crippen LogP contribution in [0.4, 0.5) is 5.82 Å². The normalized spacial score (nSPS) is 12.0. The number of nitrogens with two attached hydrogens (primary N) is 1. The third-order valence-electron chi connectivity index (χ3n) is 5.34. The van der Waals surface area contributed by atoms with Crippen LogP contribution >= 0.6 is 11.6 Å². The highest BCUT2D eigenvalue weighted by Gasteiger charge is 2.18. The van der Waals surface area contributed by atoms with Gasteiger partial charge in [0.15, 0.2) is 11.6 Å². The number of carbonyl (C=O) groups is 1. The number of hydrogen-bond acceptors (Lipinski definition) is 7. The molecule has 8 heteroatoms. The average Bonchev–Trinajstić information content (AvgIpc) is 3.09. The number of Topliss-reactive ketones (excluding diaryl/α,β-unsaturated/α-hetero) is 1. The molecule has 0 aliphatic rings. The Balaban J connectivity index is 1.88. The van der Waals surface area contributed by atoms with E-state index >= 15 is 0 Å². The summed E-state index contributed by atoms with van der Waals surface area (Å²) >= 11 is 6.14. The Morgan fingerprint density at radius 1 is 1.12 bits per heavy atom. The Morgan fingerprint density at radius 2 is 1.91 bits per heavy atom. The fourth-order valence-electron chi connectivity index (χ4n) is 3.87. The van der Waals surface area contributed by atoms with Gasteiger partial charge < -0.3 is 15.6 Å². The van der Waals surface area contributed by atoms with Gasteiger partial charge in [0.2, 0.25) is 0 Å². The number of rotatable bonds is 6. The molecule has 2 aromatic carbocycles. The molecule has 0 amide bonds. The molecule has 0 atom stereocenters. The van der Waals surface area contributed by atoms with Gasteiger partial charge in [-0.1, -0.05) is 35.0 Å². The van der Waals surface area contributed by atoms with E-state index in [9.17, 15) is 4.79 Å². The van der Waals surface area contributed by atoms with Crippen molar-refractivity contribution in [2.24, 2.45) is 5.73 Å². The first kappa shape index (κ1) is 22.5. The summed E-state index contributed by atoms with van der Waals surface area (Å²) in [5.74, 6) is 1.41. The van der Waals surface area contributed by atoms with Crippen LogP contribution in [0.1, 0.15) is 36.7 Å². The van der Waals surface area contributed by atoms with E-state index in [1.54, 1.807) is 6.92 Å². The largest absolute Gasteiger partial charge is 0.402 e. The Hall–Kier alpha value is -3.71. The lowest BCUT2D eigenvalue weighted by atomic mass is 10.0. The Labute approximate surface area is 196 Å². The summed E-state index contributed by atoms with van der Waals surface area (Å²) in [5.41, 5.74) is 11.0. The molecule has 0 aliphatic carbocycles. The molecule has 0 fully saturated rings. The fourth-order valence-corrected chi connectivity index (χ4v) is 4.08. The van der Waals surface area contributed by atoms with Gasteiger partial charge in [0.05, 0.1) is 16.8 Å². The SMILES string of the molecule is CC(=O)C(=C(C)N)c1nc(NCc2cccc(Cl)c2)c2cc(-c3c(C)noc3C)ccc2n1. The molecule has 168 valence electrons. The molecule has 4 aromatic rings. The number of allylic oxidation sites excluding steroid dienone is 2. The van der Waals surface area contributed by atoms with Crippen LogP contribution in [0.2, 0.25) is 5.02 Å². The number of aromatic nitrogens is 3. The minimum atomic E-state index is -0.192. The summed E-state index contributed by atoms with van der Waals surface area (Å²) < 4.78 is 5.34. The predicted octanol–water partition coefficient (Wildman–Crippen LogP) is 5.45. The van der Waals surface area contributed by atoms with Gasteiger partial charge in [-0.2, -0.15) is 0 Å². The summed E-state index contributed by atoms with van der Waals surface area (Å²) in [4.78, 5) is 21.6. The van der Waals surface area contributed by atoms with Gasteiger partial charge in [0.1, 0.15) is 11.6 Å². The van der Waals surface area contributed by atoms with Crippen LogP contribution in [-0.4, -0.2) is 20.9 Å². The predicted molar refractivity (Wildman–Crippen MR) is 131 cm³/mol. The van der Waals surface area contributed by atoms with E-state index in [1.807, 2.05) is 56.3 Å². The molecule has 0 unspecified atom stereocenters. The van der Waals surface area contributed by atoms with Gasteiger partial charge >= 0.3 is 0 Å². The van der Waals surface area contributed by atoms with Crippen LogP contribution in [-0.2, 0) is 11.3 Å². The maximum Gasteiger partial charge on any atom is 0.167 e. The maximum absolute atomic E-state index is 12.3. The molecular weight excluding hydrogens is 438 g/mol. The van der Waals surface area contributed by atoms with Crippen LogP contribution in [0.15, 0.2) is 52.7 Å². The molecule has 4 rings (SSSR count). The topological polar surface area (TPSA) is 107 Å². The van der Waals surface area contributed by atoms with Gasteiger partial charge in [-0.3, -0.25) is 4.79 Å². The van der Waals surface area contributed by atoms with Crippen LogP contribution in [0.5, 0.6) is 0 Å². The number of ketones is 1. The molecule has 33 heavy (non-hydrogen) atoms. The first-order chi connectivity index (χ1) is 15.7. The highest BCUT2D eigenvalue weighted by atomic mass is 35.5. The van der Waals surface area contributed by atoms with E-state index in [2.05, 4.69) is 15.5 Å². The van der Waals surface area contributed by atoms with Crippen molar-refractivity contribution in [3.63, 3.8) is 0 Å². The second-order valence-electron chi connectivity index (χ2n) is 7.92. The highest BCUT2D eigenvalue weighted by molar-refractivity contribution is 6.30. The number of aryl methyl sites for hydroxylation is 2. The Morgan fingerprint density at radius 3 is 2.55 bits per heavy atom. The van der Waals surface area contributed by atoms with Crippen molar-refractivity contribution in [3.8, 4) is 11.1 Å². The number of halogens is 1. The van der Waals surface area contributed by atoms with Gasteiger partial charge in [0, 0.05) is 28.2 Å². The van der Waals surface area contributed by atoms with Crippen molar-refractivity contribution in [1.29, 1.82) is 0 Å². The lowest BCUT2D eigenvalue weighted by Crippen LogP contribution is -2.11. The van der Waals surface area contributed by atoms with Gasteiger partial charge in [-0.25, -0.2) is 9.97 Å². The van der Waals surface area contributed by atoms with Crippen molar-refractivity contribution >= 4 is 39.7 Å². The van der Waals surface area contributed by atoms with Crippen molar-refractivity contribution in [3.05, 3.63) is 76.0 Å². The monoisotopic (exact) mass is 461 g/mol. The summed E-state index contributed by atoms with van der Waals surface area (Å²) in [6.07, 6.45) is 0. The number of carbonyl (C=O) groups excluding carboxylic acids is 1. The summed E-state index contributed by atoms with van der Waals surface area (Å²) in [6, 6.07) is 13.4. The zero-order valence-corrected chi connectivity index (χ0v) is 19.6. The number of hydrogen-bond donors (Lipinski definition) is 2. The van der Waals surface area contributed by atoms with E-state index in [0.29, 0.717) is 34.2 Å². The second kappa shape index (κ2) is 9.03. The zero-order valence-electron chi connectivity index (χ0n) is 18.9. The lowest BCUT2D eigenvalue weighted by molar-refractivity contribution is -0.111. The first-order valence-corrected chi connectivity index (χ1v) is 10.8. The molecule has 0 aliphatic heterocycles. The highest BCUT2D eigenvalue weighted by Crippen LogP contribution is 2.32.